The van der Waals surface area contributed by atoms with Gasteiger partial charge in [0.05, 0.1) is 29.7 Å². The van der Waals surface area contributed by atoms with Crippen LogP contribution in [0, 0.1) is 28.6 Å². The topological polar surface area (TPSA) is 76.0 Å². The maximum atomic E-state index is 12.7. The van der Waals surface area contributed by atoms with E-state index in [1.54, 1.807) is 6.92 Å². The van der Waals surface area contributed by atoms with Crippen LogP contribution in [0.3, 0.4) is 0 Å². The lowest BCUT2D eigenvalue weighted by Gasteiger charge is -2.69. The van der Waals surface area contributed by atoms with Crippen molar-refractivity contribution in [2.75, 3.05) is 13.2 Å². The van der Waals surface area contributed by atoms with Crippen molar-refractivity contribution in [3.63, 3.8) is 0 Å². The molecule has 37 heavy (non-hydrogen) atoms. The van der Waals surface area contributed by atoms with Crippen molar-refractivity contribution in [1.82, 2.24) is 0 Å². The zero-order valence-electron chi connectivity index (χ0n) is 22.7. The molecule has 6 heteroatoms. The van der Waals surface area contributed by atoms with Crippen LogP contribution in [0.25, 0.3) is 0 Å². The number of ketones is 1. The molecule has 1 saturated heterocycles. The number of Topliss-reactive ketones (excluding diaryl/α,β-unsaturated/α-hetero) is 1. The quantitative estimate of drug-likeness (QED) is 0.457. The molecule has 1 unspecified atom stereocenters. The highest BCUT2D eigenvalue weighted by atomic mass is 32.2. The second-order valence-corrected chi connectivity index (χ2v) is 15.8. The van der Waals surface area contributed by atoms with Crippen LogP contribution in [0.1, 0.15) is 101 Å². The molecule has 202 valence electrons. The number of benzene rings is 1. The van der Waals surface area contributed by atoms with Gasteiger partial charge in [-0.25, -0.2) is 0 Å². The highest BCUT2D eigenvalue weighted by Gasteiger charge is 2.72. The maximum Gasteiger partial charge on any atom is 0.171 e. The number of hydrogen-bond acceptors (Lipinski definition) is 6. The molecular weight excluding hydrogens is 484 g/mol. The predicted octanol–water partition coefficient (Wildman–Crippen LogP) is 5.71. The number of aliphatic hydroxyl groups is 2. The van der Waals surface area contributed by atoms with Crippen LogP contribution >= 0.6 is 11.8 Å². The summed E-state index contributed by atoms with van der Waals surface area (Å²) in [4.78, 5) is 13.5. The fraction of sp³-hybridized carbons (Fsp3) is 0.774. The van der Waals surface area contributed by atoms with Gasteiger partial charge in [0, 0.05) is 28.7 Å². The molecule has 1 aromatic carbocycles. The van der Waals surface area contributed by atoms with Gasteiger partial charge in [0.15, 0.2) is 11.6 Å². The van der Waals surface area contributed by atoms with Crippen molar-refractivity contribution in [2.45, 2.75) is 112 Å². The first-order chi connectivity index (χ1) is 17.4. The van der Waals surface area contributed by atoms with Gasteiger partial charge in [-0.1, -0.05) is 32.9 Å². The first-order valence-corrected chi connectivity index (χ1v) is 15.3. The Kier molecular flexibility index (Phi) is 5.31. The SMILES string of the molecule is CC(=O)c1ccc2c(c1)S[C@]13CCC4(C[C@]1(O)CC[C@@H]1C3[C@@H]2C[C@]2(C)[C@@H](O)CC[C@@H]12)OCC(C)(C)CO4. The van der Waals surface area contributed by atoms with Gasteiger partial charge in [0.1, 0.15) is 0 Å². The molecule has 0 amide bonds. The van der Waals surface area contributed by atoms with E-state index in [0.717, 1.165) is 55.4 Å². The van der Waals surface area contributed by atoms with E-state index in [1.165, 1.54) is 5.56 Å². The van der Waals surface area contributed by atoms with Crippen LogP contribution < -0.4 is 0 Å². The molecule has 1 aromatic rings. The molecule has 2 aliphatic heterocycles. The average Bonchev–Trinajstić information content (AvgIpc) is 3.15. The van der Waals surface area contributed by atoms with E-state index in [0.29, 0.717) is 37.4 Å². The summed E-state index contributed by atoms with van der Waals surface area (Å²) in [5, 5.41) is 23.9. The van der Waals surface area contributed by atoms with E-state index in [-0.39, 0.29) is 33.4 Å². The van der Waals surface area contributed by atoms with E-state index in [4.69, 9.17) is 9.47 Å². The van der Waals surface area contributed by atoms with E-state index < -0.39 is 11.4 Å². The average molecular weight is 527 g/mol. The van der Waals surface area contributed by atoms with Crippen molar-refractivity contribution in [3.05, 3.63) is 29.3 Å². The Balaban J connectivity index is 1.35. The van der Waals surface area contributed by atoms with E-state index >= 15 is 0 Å². The molecule has 2 spiro atoms. The van der Waals surface area contributed by atoms with E-state index in [9.17, 15) is 15.0 Å². The third kappa shape index (κ3) is 3.35. The van der Waals surface area contributed by atoms with Crippen LogP contribution in [-0.4, -0.2) is 51.4 Å². The fourth-order valence-electron chi connectivity index (χ4n) is 9.76. The summed E-state index contributed by atoms with van der Waals surface area (Å²) >= 11 is 1.86. The molecule has 7 rings (SSSR count). The number of carbonyl (C=O) groups is 1. The molecule has 0 radical (unpaired) electrons. The van der Waals surface area contributed by atoms with Crippen LogP contribution in [-0.2, 0) is 9.47 Å². The van der Waals surface area contributed by atoms with E-state index in [2.05, 4.69) is 32.9 Å². The van der Waals surface area contributed by atoms with Gasteiger partial charge < -0.3 is 19.7 Å². The van der Waals surface area contributed by atoms with Crippen molar-refractivity contribution in [2.24, 2.45) is 28.6 Å². The van der Waals surface area contributed by atoms with Crippen molar-refractivity contribution in [3.8, 4) is 0 Å². The van der Waals surface area contributed by atoms with Crippen molar-refractivity contribution < 1.29 is 24.5 Å². The minimum absolute atomic E-state index is 0.00941. The maximum absolute atomic E-state index is 12.7. The molecule has 4 aliphatic carbocycles. The van der Waals surface area contributed by atoms with Crippen LogP contribution in [0.4, 0.5) is 0 Å². The highest BCUT2D eigenvalue weighted by Crippen LogP contribution is 2.74. The molecule has 2 N–H and O–H groups in total. The monoisotopic (exact) mass is 526 g/mol. The summed E-state index contributed by atoms with van der Waals surface area (Å²) in [5.74, 6) is 1.01. The first kappa shape index (κ1) is 25.1. The molecule has 5 nitrogen and oxygen atoms in total. The summed E-state index contributed by atoms with van der Waals surface area (Å²) < 4.78 is 12.6. The van der Waals surface area contributed by atoms with Gasteiger partial charge in [0.25, 0.3) is 0 Å². The third-order valence-electron chi connectivity index (χ3n) is 11.7. The molecule has 0 aromatic heterocycles. The second-order valence-electron chi connectivity index (χ2n) is 14.4. The molecule has 8 atom stereocenters. The zero-order valence-corrected chi connectivity index (χ0v) is 23.5. The lowest BCUT2D eigenvalue weighted by molar-refractivity contribution is -0.338. The number of rotatable bonds is 1. The minimum Gasteiger partial charge on any atom is -0.393 e. The van der Waals surface area contributed by atoms with Crippen LogP contribution in [0.15, 0.2) is 23.1 Å². The number of thioether (sulfide) groups is 1. The summed E-state index contributed by atoms with van der Waals surface area (Å²) in [7, 11) is 0. The predicted molar refractivity (Wildman–Crippen MR) is 143 cm³/mol. The fourth-order valence-corrected chi connectivity index (χ4v) is 11.7. The van der Waals surface area contributed by atoms with Crippen molar-refractivity contribution >= 4 is 17.5 Å². The summed E-state index contributed by atoms with van der Waals surface area (Å²) in [5.41, 5.74) is 1.07. The van der Waals surface area contributed by atoms with Gasteiger partial charge in [-0.15, -0.1) is 11.8 Å². The van der Waals surface area contributed by atoms with Gasteiger partial charge in [-0.3, -0.25) is 4.79 Å². The Hall–Kier alpha value is -0.920. The Morgan fingerprint density at radius 1 is 1.05 bits per heavy atom. The highest BCUT2D eigenvalue weighted by molar-refractivity contribution is 8.01. The molecule has 6 aliphatic rings. The minimum atomic E-state index is -0.897. The third-order valence-corrected chi connectivity index (χ3v) is 13.4. The first-order valence-electron chi connectivity index (χ1n) is 14.4. The van der Waals surface area contributed by atoms with Gasteiger partial charge >= 0.3 is 0 Å². The Bertz CT molecular complexity index is 1140. The standard InChI is InChI=1S/C31H42O5S/c1-18(32)19-5-6-20-22-14-28(4)23(7-8-25(28)33)21-9-10-29(34)15-30(35-16-27(2,3)17-36-30)11-12-31(29,26(21)22)37-24(20)13-19/h5-6,13,21-23,25-26,33-34H,7-12,14-17H2,1-4H3/t21-,22+,23-,25-,26?,28-,29+,31-/m0/s1. The van der Waals surface area contributed by atoms with Gasteiger partial charge in [-0.05, 0) is 86.2 Å². The molecular formula is C31H42O5S. The number of fused-ring (bicyclic) bond motifs is 4. The van der Waals surface area contributed by atoms with E-state index in [1.807, 2.05) is 17.8 Å². The smallest absolute Gasteiger partial charge is 0.171 e. The van der Waals surface area contributed by atoms with Gasteiger partial charge in [0.2, 0.25) is 0 Å². The molecule has 5 fully saturated rings. The molecule has 0 bridgehead atoms. The Morgan fingerprint density at radius 2 is 1.81 bits per heavy atom. The lowest BCUT2D eigenvalue weighted by Crippen LogP contribution is -2.72. The number of carbonyl (C=O) groups excluding carboxylic acids is 1. The zero-order chi connectivity index (χ0) is 26.0. The number of ether oxygens (including phenoxy) is 2. The molecule has 2 heterocycles. The summed E-state index contributed by atoms with van der Waals surface area (Å²) in [6, 6.07) is 6.26. The Labute approximate surface area is 225 Å². The van der Waals surface area contributed by atoms with Gasteiger partial charge in [-0.2, -0.15) is 0 Å². The second kappa shape index (κ2) is 7.84. The lowest BCUT2D eigenvalue weighted by atomic mass is 9.44. The number of hydrogen-bond donors (Lipinski definition) is 2. The Morgan fingerprint density at radius 3 is 2.54 bits per heavy atom. The summed E-state index contributed by atoms with van der Waals surface area (Å²) in [6.07, 6.45) is 6.58. The number of aliphatic hydroxyl groups excluding tert-OH is 1. The van der Waals surface area contributed by atoms with Crippen LogP contribution in [0.5, 0.6) is 0 Å². The van der Waals surface area contributed by atoms with Crippen molar-refractivity contribution in [1.29, 1.82) is 0 Å². The summed E-state index contributed by atoms with van der Waals surface area (Å²) in [6.45, 7) is 9.61. The van der Waals surface area contributed by atoms with Crippen LogP contribution in [0.2, 0.25) is 0 Å². The largest absolute Gasteiger partial charge is 0.393 e. The normalized spacial score (nSPS) is 46.9. The molecule has 4 saturated carbocycles.